The quantitative estimate of drug-likeness (QED) is 0.0956. The van der Waals surface area contributed by atoms with Crippen LogP contribution in [0, 0.1) is 18.5 Å². The Labute approximate surface area is 394 Å². The van der Waals surface area contributed by atoms with Gasteiger partial charge in [-0.1, -0.05) is 159 Å². The fourth-order valence-corrected chi connectivity index (χ4v) is 9.24. The molecule has 8 aromatic carbocycles. The van der Waals surface area contributed by atoms with Crippen LogP contribution in [0.15, 0.2) is 200 Å². The summed E-state index contributed by atoms with van der Waals surface area (Å²) in [5.41, 5.74) is 13.8. The molecule has 0 aliphatic heterocycles. The maximum absolute atomic E-state index is 6.69. The van der Waals surface area contributed by atoms with Crippen molar-refractivity contribution in [2.45, 2.75) is 32.6 Å². The molecule has 0 fully saturated rings. The minimum absolute atomic E-state index is 0. The largest absolute Gasteiger partial charge is 0.510 e. The van der Waals surface area contributed by atoms with Crippen molar-refractivity contribution in [3.63, 3.8) is 0 Å². The van der Waals surface area contributed by atoms with Gasteiger partial charge >= 0.3 is 0 Å². The number of nitrogens with zero attached hydrogens (tertiary/aromatic N) is 4. The van der Waals surface area contributed by atoms with E-state index < -0.39 is 0 Å². The first-order valence-electron chi connectivity index (χ1n) is 22.1. The van der Waals surface area contributed by atoms with Gasteiger partial charge in [0, 0.05) is 44.3 Å². The van der Waals surface area contributed by atoms with E-state index in [2.05, 4.69) is 222 Å². The van der Waals surface area contributed by atoms with Gasteiger partial charge in [0.1, 0.15) is 5.82 Å². The first-order valence-corrected chi connectivity index (χ1v) is 22.1. The maximum atomic E-state index is 6.69. The molecule has 0 saturated heterocycles. The number of hydrogen-bond donors (Lipinski definition) is 0. The van der Waals surface area contributed by atoms with Crippen LogP contribution in [-0.2, 0) is 21.1 Å². The van der Waals surface area contributed by atoms with Crippen molar-refractivity contribution in [1.82, 2.24) is 14.1 Å². The summed E-state index contributed by atoms with van der Waals surface area (Å²) in [6.07, 6.45) is 7.91. The monoisotopic (exact) mass is 1020 g/mol. The molecular weight excluding hydrogens is 976 g/mol. The topological polar surface area (TPSA) is 35.9 Å². The van der Waals surface area contributed by atoms with Crippen LogP contribution in [0.4, 0.5) is 0 Å². The predicted octanol–water partition coefficient (Wildman–Crippen LogP) is 14.5. The second-order valence-corrected chi connectivity index (χ2v) is 16.2. The minimum atomic E-state index is 0. The smallest absolute Gasteiger partial charge is 0.268 e. The third kappa shape index (κ3) is 7.77. The van der Waals surface area contributed by atoms with Gasteiger partial charge in [-0.15, -0.1) is 29.7 Å². The molecule has 0 amide bonds. The molecule has 11 aromatic rings. The van der Waals surface area contributed by atoms with Crippen LogP contribution in [0.3, 0.4) is 0 Å². The van der Waals surface area contributed by atoms with Gasteiger partial charge in [0.15, 0.2) is 0 Å². The van der Waals surface area contributed by atoms with Gasteiger partial charge in [0.2, 0.25) is 0 Å². The number of rotatable bonds is 11. The van der Waals surface area contributed by atoms with Gasteiger partial charge in [-0.2, -0.15) is 18.2 Å². The second-order valence-electron chi connectivity index (χ2n) is 16.2. The first-order chi connectivity index (χ1) is 31.6. The Bertz CT molecular complexity index is 3390. The molecule has 0 unspecified atom stereocenters. The fourth-order valence-electron chi connectivity index (χ4n) is 9.24. The number of ether oxygens (including phenoxy) is 1. The zero-order chi connectivity index (χ0) is 43.0. The zero-order valence-corrected chi connectivity index (χ0v) is 38.3. The molecule has 3 aromatic heterocycles. The molecule has 11 rings (SSSR count). The third-order valence-electron chi connectivity index (χ3n) is 12.4. The maximum Gasteiger partial charge on any atom is 0.268 e. The van der Waals surface area contributed by atoms with Crippen LogP contribution in [-0.4, -0.2) is 14.1 Å². The zero-order valence-electron chi connectivity index (χ0n) is 36.1. The molecule has 6 heteroatoms. The second kappa shape index (κ2) is 18.0. The van der Waals surface area contributed by atoms with Crippen LogP contribution < -0.4 is 9.30 Å². The van der Waals surface area contributed by atoms with Crippen molar-refractivity contribution in [3.05, 3.63) is 224 Å². The van der Waals surface area contributed by atoms with Gasteiger partial charge in [-0.25, -0.2) is 4.98 Å². The minimum Gasteiger partial charge on any atom is -0.510 e. The Balaban J connectivity index is 0.00000498. The number of benzene rings is 8. The average molecular weight is 1020 g/mol. The number of hydrogen-bond acceptors (Lipinski definition) is 2. The van der Waals surface area contributed by atoms with E-state index in [0.29, 0.717) is 17.4 Å². The summed E-state index contributed by atoms with van der Waals surface area (Å²) in [7, 11) is 0. The standard InChI is InChI=1S/C59H44N4O.Pt/c1-3-41(4-2)46-34-35-60-58(37-46)63-54-29-15-14-26-52(54)53-32-31-49(39-56(53)63)64-48-25-16-24-47(38-48)61-40-62(57-36-45(30-33-55(57)61)42-18-8-5-9-19-42)59-50(43-20-10-6-11-21-43)27-17-28-51(59)44-22-12-7-13-23-44;/h5-37,41H,3-4H2,1-2H3;/q-2;. The average Bonchev–Trinajstić information content (AvgIpc) is 3.90. The molecule has 5 nitrogen and oxygen atoms in total. The summed E-state index contributed by atoms with van der Waals surface area (Å²) < 4.78 is 13.2. The molecule has 0 saturated carbocycles. The molecule has 318 valence electrons. The van der Waals surface area contributed by atoms with Gasteiger partial charge in [-0.3, -0.25) is 4.57 Å². The fraction of sp³-hybridized carbons (Fsp3) is 0.0847. The Morgan fingerprint density at radius 3 is 1.91 bits per heavy atom. The molecule has 65 heavy (non-hydrogen) atoms. The van der Waals surface area contributed by atoms with E-state index in [1.54, 1.807) is 0 Å². The molecule has 0 atom stereocenters. The van der Waals surface area contributed by atoms with E-state index in [-0.39, 0.29) is 21.1 Å². The number of para-hydroxylation sites is 2. The molecule has 0 radical (unpaired) electrons. The van der Waals surface area contributed by atoms with Gasteiger partial charge in [0.05, 0.1) is 16.7 Å². The number of aromatic nitrogens is 4. The van der Waals surface area contributed by atoms with Crippen LogP contribution in [0.2, 0.25) is 0 Å². The van der Waals surface area contributed by atoms with Gasteiger partial charge in [0.25, 0.3) is 6.33 Å². The molecule has 0 N–H and O–H groups in total. The predicted molar refractivity (Wildman–Crippen MR) is 260 cm³/mol. The Morgan fingerprint density at radius 2 is 1.20 bits per heavy atom. The SMILES string of the molecule is CCC(CC)c1ccnc(-n2c3[c-]c(Oc4[c-]c(-n5[c-][n+](-c6c(-c7ccccc7)cccc6-c6ccccc6)c6cc(-c7ccccc7)ccc65)ccc4)ccc3c3ccccc32)c1.[Pt]. The van der Waals surface area contributed by atoms with Crippen LogP contribution in [0.25, 0.3) is 83.4 Å². The summed E-state index contributed by atoms with van der Waals surface area (Å²) in [6.45, 7) is 4.50. The summed E-state index contributed by atoms with van der Waals surface area (Å²) >= 11 is 0. The summed E-state index contributed by atoms with van der Waals surface area (Å²) in [5, 5.41) is 2.24. The Morgan fingerprint density at radius 1 is 0.554 bits per heavy atom. The van der Waals surface area contributed by atoms with Crippen LogP contribution in [0.5, 0.6) is 11.5 Å². The third-order valence-corrected chi connectivity index (χ3v) is 12.4. The van der Waals surface area contributed by atoms with E-state index in [1.807, 2.05) is 24.4 Å². The molecule has 0 aliphatic carbocycles. The molecule has 0 spiro atoms. The van der Waals surface area contributed by atoms with Gasteiger partial charge in [-0.05, 0) is 93.0 Å². The summed E-state index contributed by atoms with van der Waals surface area (Å²) in [4.78, 5) is 4.90. The molecule has 0 aliphatic rings. The molecule has 3 heterocycles. The van der Waals surface area contributed by atoms with E-state index in [9.17, 15) is 0 Å². The van der Waals surface area contributed by atoms with E-state index in [4.69, 9.17) is 9.72 Å². The Hall–Kier alpha value is -7.33. The summed E-state index contributed by atoms with van der Waals surface area (Å²) in [5.74, 6) is 2.51. The van der Waals surface area contributed by atoms with Crippen molar-refractivity contribution < 1.29 is 30.4 Å². The molecular formula is C59H44N4OPt-2. The van der Waals surface area contributed by atoms with Crippen molar-refractivity contribution in [2.24, 2.45) is 0 Å². The van der Waals surface area contributed by atoms with Crippen molar-refractivity contribution >= 4 is 32.8 Å². The van der Waals surface area contributed by atoms with Gasteiger partial charge < -0.3 is 13.9 Å². The summed E-state index contributed by atoms with van der Waals surface area (Å²) in [6, 6.07) is 75.2. The van der Waals surface area contributed by atoms with Crippen molar-refractivity contribution in [2.75, 3.05) is 0 Å². The number of imidazole rings is 1. The van der Waals surface area contributed by atoms with E-state index in [1.165, 1.54) is 5.56 Å². The van der Waals surface area contributed by atoms with Crippen LogP contribution in [0.1, 0.15) is 38.2 Å². The number of pyridine rings is 1. The van der Waals surface area contributed by atoms with Crippen molar-refractivity contribution in [1.29, 1.82) is 0 Å². The number of fused-ring (bicyclic) bond motifs is 4. The molecule has 0 bridgehead atoms. The van der Waals surface area contributed by atoms with Crippen molar-refractivity contribution in [3.8, 4) is 62.1 Å². The first kappa shape index (κ1) is 41.7. The normalized spacial score (nSPS) is 11.4. The van der Waals surface area contributed by atoms with E-state index >= 15 is 0 Å². The van der Waals surface area contributed by atoms with E-state index in [0.717, 1.165) is 96.3 Å². The van der Waals surface area contributed by atoms with Crippen LogP contribution >= 0.6 is 0 Å². The Kier molecular flexibility index (Phi) is 11.6.